The molecule has 1 unspecified atom stereocenters. The van der Waals surface area contributed by atoms with Crippen LogP contribution in [0.2, 0.25) is 0 Å². The van der Waals surface area contributed by atoms with Gasteiger partial charge < -0.3 is 15.1 Å². The minimum atomic E-state index is -0.625. The van der Waals surface area contributed by atoms with Crippen molar-refractivity contribution in [1.82, 2.24) is 9.80 Å². The highest BCUT2D eigenvalue weighted by Gasteiger charge is 2.36. The van der Waals surface area contributed by atoms with Crippen LogP contribution in [-0.4, -0.2) is 71.5 Å². The summed E-state index contributed by atoms with van der Waals surface area (Å²) in [4.78, 5) is 4.24. The fourth-order valence-electron chi connectivity index (χ4n) is 2.17. The third-order valence-corrected chi connectivity index (χ3v) is 3.60. The molecular formula is C11H24N2O2. The molecule has 1 saturated heterocycles. The maximum Gasteiger partial charge on any atom is 0.0978 e. The van der Waals surface area contributed by atoms with E-state index in [0.29, 0.717) is 12.6 Å². The molecule has 0 spiro atoms. The Morgan fingerprint density at radius 3 is 2.53 bits per heavy atom. The van der Waals surface area contributed by atoms with Crippen molar-refractivity contribution in [3.8, 4) is 0 Å². The van der Waals surface area contributed by atoms with Gasteiger partial charge in [-0.15, -0.1) is 0 Å². The summed E-state index contributed by atoms with van der Waals surface area (Å²) >= 11 is 0. The highest BCUT2D eigenvalue weighted by Crippen LogP contribution is 2.17. The third-order valence-electron chi connectivity index (χ3n) is 3.60. The van der Waals surface area contributed by atoms with Gasteiger partial charge in [0.05, 0.1) is 18.2 Å². The molecule has 0 aromatic rings. The smallest absolute Gasteiger partial charge is 0.0978 e. The summed E-state index contributed by atoms with van der Waals surface area (Å²) in [6.45, 7) is 5.66. The van der Waals surface area contributed by atoms with Crippen molar-refractivity contribution < 1.29 is 10.2 Å². The molecule has 1 aliphatic heterocycles. The monoisotopic (exact) mass is 216 g/mol. The van der Waals surface area contributed by atoms with Crippen LogP contribution in [-0.2, 0) is 0 Å². The van der Waals surface area contributed by atoms with E-state index in [-0.39, 0.29) is 6.04 Å². The van der Waals surface area contributed by atoms with E-state index in [4.69, 9.17) is 0 Å². The Bertz CT molecular complexity index is 201. The number of hydrogen-bond donors (Lipinski definition) is 2. The maximum atomic E-state index is 9.95. The highest BCUT2D eigenvalue weighted by atomic mass is 16.3. The molecule has 4 heteroatoms. The molecule has 4 atom stereocenters. The number of rotatable bonds is 3. The van der Waals surface area contributed by atoms with Gasteiger partial charge in [0.1, 0.15) is 0 Å². The van der Waals surface area contributed by atoms with Crippen LogP contribution in [0, 0.1) is 0 Å². The standard InChI is InChI=1S/C11H24N2O2/c1-5-8(2)13(4)9-6-12(3)7-10(14)11(9)15/h8-11,14-15H,5-7H2,1-4H3/t8?,9-,10-,11+/m0/s1. The van der Waals surface area contributed by atoms with E-state index in [9.17, 15) is 10.2 Å². The number of piperidine rings is 1. The van der Waals surface area contributed by atoms with Gasteiger partial charge in [-0.25, -0.2) is 0 Å². The Balaban J connectivity index is 2.65. The summed E-state index contributed by atoms with van der Waals surface area (Å²) in [5.41, 5.74) is 0. The number of nitrogens with zero attached hydrogens (tertiary/aromatic N) is 2. The Labute approximate surface area is 92.5 Å². The SMILES string of the molecule is CCC(C)N(C)[C@H]1CN(C)C[C@H](O)[C@@H]1O. The first kappa shape index (κ1) is 12.9. The molecule has 0 radical (unpaired) electrons. The molecular weight excluding hydrogens is 192 g/mol. The molecule has 0 aliphatic carbocycles. The number of aliphatic hydroxyl groups excluding tert-OH is 2. The van der Waals surface area contributed by atoms with Crippen molar-refractivity contribution in [2.24, 2.45) is 0 Å². The minimum Gasteiger partial charge on any atom is -0.389 e. The lowest BCUT2D eigenvalue weighted by atomic mass is 9.97. The number of likely N-dealkylation sites (tertiary alicyclic amines) is 1. The van der Waals surface area contributed by atoms with Crippen molar-refractivity contribution >= 4 is 0 Å². The van der Waals surface area contributed by atoms with Crippen LogP contribution in [0.25, 0.3) is 0 Å². The predicted molar refractivity (Wildman–Crippen MR) is 60.8 cm³/mol. The molecule has 0 aromatic carbocycles. The summed E-state index contributed by atoms with van der Waals surface area (Å²) in [5.74, 6) is 0. The van der Waals surface area contributed by atoms with E-state index in [1.807, 2.05) is 14.1 Å². The maximum absolute atomic E-state index is 9.95. The van der Waals surface area contributed by atoms with E-state index < -0.39 is 12.2 Å². The van der Waals surface area contributed by atoms with Crippen LogP contribution >= 0.6 is 0 Å². The summed E-state index contributed by atoms with van der Waals surface area (Å²) in [7, 11) is 4.00. The van der Waals surface area contributed by atoms with Gasteiger partial charge in [0.25, 0.3) is 0 Å². The van der Waals surface area contributed by atoms with Gasteiger partial charge in [-0.1, -0.05) is 6.92 Å². The first-order chi connectivity index (χ1) is 6.97. The zero-order valence-electron chi connectivity index (χ0n) is 10.2. The highest BCUT2D eigenvalue weighted by molar-refractivity contribution is 4.91. The van der Waals surface area contributed by atoms with Crippen molar-refractivity contribution in [2.45, 2.75) is 44.6 Å². The van der Waals surface area contributed by atoms with Crippen LogP contribution in [0.3, 0.4) is 0 Å². The summed E-state index contributed by atoms with van der Waals surface area (Å²) in [5, 5.41) is 19.7. The Kier molecular flexibility index (Phi) is 4.52. The van der Waals surface area contributed by atoms with Gasteiger partial charge >= 0.3 is 0 Å². The fraction of sp³-hybridized carbons (Fsp3) is 1.00. The van der Waals surface area contributed by atoms with E-state index >= 15 is 0 Å². The number of aliphatic hydroxyl groups is 2. The van der Waals surface area contributed by atoms with Crippen molar-refractivity contribution in [3.63, 3.8) is 0 Å². The molecule has 1 aliphatic rings. The van der Waals surface area contributed by atoms with E-state index in [1.54, 1.807) is 0 Å². The Morgan fingerprint density at radius 2 is 2.00 bits per heavy atom. The normalized spacial score (nSPS) is 35.8. The number of hydrogen-bond acceptors (Lipinski definition) is 4. The summed E-state index contributed by atoms with van der Waals surface area (Å²) in [6, 6.07) is 0.469. The molecule has 2 N–H and O–H groups in total. The molecule has 0 amide bonds. The van der Waals surface area contributed by atoms with E-state index in [2.05, 4.69) is 23.6 Å². The molecule has 1 fully saturated rings. The van der Waals surface area contributed by atoms with Crippen LogP contribution in [0.4, 0.5) is 0 Å². The largest absolute Gasteiger partial charge is 0.389 e. The number of likely N-dealkylation sites (N-methyl/N-ethyl adjacent to an activating group) is 2. The molecule has 0 bridgehead atoms. The molecule has 4 nitrogen and oxygen atoms in total. The van der Waals surface area contributed by atoms with Crippen LogP contribution in [0.15, 0.2) is 0 Å². The molecule has 1 heterocycles. The lowest BCUT2D eigenvalue weighted by Gasteiger charge is -2.43. The van der Waals surface area contributed by atoms with Gasteiger partial charge in [0.2, 0.25) is 0 Å². The number of β-amino-alcohol motifs (C(OH)–C–C–N with tert-alkyl or cyclic N) is 1. The van der Waals surface area contributed by atoms with E-state index in [0.717, 1.165) is 13.0 Å². The lowest BCUT2D eigenvalue weighted by Crippen LogP contribution is -2.61. The van der Waals surface area contributed by atoms with Gasteiger partial charge in [-0.2, -0.15) is 0 Å². The van der Waals surface area contributed by atoms with E-state index in [1.165, 1.54) is 0 Å². The van der Waals surface area contributed by atoms with Crippen LogP contribution in [0.1, 0.15) is 20.3 Å². The Morgan fingerprint density at radius 1 is 1.40 bits per heavy atom. The van der Waals surface area contributed by atoms with Crippen molar-refractivity contribution in [1.29, 1.82) is 0 Å². The minimum absolute atomic E-state index is 0.0358. The molecule has 0 saturated carbocycles. The lowest BCUT2D eigenvalue weighted by molar-refractivity contribution is -0.0867. The molecule has 15 heavy (non-hydrogen) atoms. The third kappa shape index (κ3) is 2.91. The Hall–Kier alpha value is -0.160. The second-order valence-corrected chi connectivity index (χ2v) is 4.77. The zero-order chi connectivity index (χ0) is 11.6. The average Bonchev–Trinajstić information content (AvgIpc) is 2.21. The van der Waals surface area contributed by atoms with Crippen LogP contribution in [0.5, 0.6) is 0 Å². The molecule has 90 valence electrons. The van der Waals surface area contributed by atoms with Gasteiger partial charge in [-0.3, -0.25) is 4.90 Å². The van der Waals surface area contributed by atoms with Gasteiger partial charge in [0.15, 0.2) is 0 Å². The van der Waals surface area contributed by atoms with Gasteiger partial charge in [0, 0.05) is 19.1 Å². The fourth-order valence-corrected chi connectivity index (χ4v) is 2.17. The predicted octanol–water partition coefficient (Wildman–Crippen LogP) is -0.247. The second kappa shape index (κ2) is 5.25. The topological polar surface area (TPSA) is 46.9 Å². The molecule has 1 rings (SSSR count). The van der Waals surface area contributed by atoms with Gasteiger partial charge in [-0.05, 0) is 27.4 Å². The first-order valence-corrected chi connectivity index (χ1v) is 5.74. The summed E-state index contributed by atoms with van der Waals surface area (Å²) < 4.78 is 0. The first-order valence-electron chi connectivity index (χ1n) is 5.74. The van der Waals surface area contributed by atoms with Crippen molar-refractivity contribution in [3.05, 3.63) is 0 Å². The quantitative estimate of drug-likeness (QED) is 0.683. The average molecular weight is 216 g/mol. The van der Waals surface area contributed by atoms with Crippen LogP contribution < -0.4 is 0 Å². The van der Waals surface area contributed by atoms with Crippen molar-refractivity contribution in [2.75, 3.05) is 27.2 Å². The zero-order valence-corrected chi connectivity index (χ0v) is 10.2. The summed E-state index contributed by atoms with van der Waals surface area (Å²) in [6.07, 6.45) is -0.194. The molecule has 0 aromatic heterocycles. The second-order valence-electron chi connectivity index (χ2n) is 4.77.